The van der Waals surface area contributed by atoms with Crippen LogP contribution in [-0.2, 0) is 14.9 Å². The van der Waals surface area contributed by atoms with Crippen LogP contribution in [0.25, 0.3) is 0 Å². The number of carbonyl (C=O) groups is 1. The van der Waals surface area contributed by atoms with E-state index in [1.54, 1.807) is 0 Å². The Labute approximate surface area is 193 Å². The number of non-ortho nitro benzene ring substituents is 1. The Bertz CT molecular complexity index is 1180. The molecule has 2 N–H and O–H groups in total. The van der Waals surface area contributed by atoms with E-state index in [2.05, 4.69) is 5.16 Å². The summed E-state index contributed by atoms with van der Waals surface area (Å²) in [5.74, 6) is -1.27. The molecule has 0 amide bonds. The number of hydrogen-bond donors (Lipinski definition) is 1. The Balaban J connectivity index is 1.84. The Hall–Kier alpha value is -2.73. The molecule has 0 aliphatic carbocycles. The fraction of sp³-hybridized carbons (Fsp3) is 0.263. The van der Waals surface area contributed by atoms with Gasteiger partial charge in [-0.3, -0.25) is 10.1 Å². The fourth-order valence-corrected chi connectivity index (χ4v) is 5.42. The van der Waals surface area contributed by atoms with E-state index in [9.17, 15) is 23.3 Å². The van der Waals surface area contributed by atoms with Crippen molar-refractivity contribution in [1.82, 2.24) is 4.31 Å². The maximum atomic E-state index is 13.0. The highest BCUT2D eigenvalue weighted by atomic mass is 35.5. The number of nitro benzene ring substituents is 1. The van der Waals surface area contributed by atoms with Crippen LogP contribution in [-0.4, -0.2) is 42.5 Å². The largest absolute Gasteiger partial charge is 0.380 e. The number of nitrogens with two attached hydrogens (primary N) is 1. The summed E-state index contributed by atoms with van der Waals surface area (Å²) in [4.78, 5) is 27.2. The van der Waals surface area contributed by atoms with Crippen LogP contribution >= 0.6 is 23.2 Å². The van der Waals surface area contributed by atoms with Crippen LogP contribution in [0.5, 0.6) is 0 Å². The van der Waals surface area contributed by atoms with Gasteiger partial charge in [-0.05, 0) is 37.1 Å². The lowest BCUT2D eigenvalue weighted by atomic mass is 10.2. The predicted molar refractivity (Wildman–Crippen MR) is 118 cm³/mol. The van der Waals surface area contributed by atoms with E-state index in [1.165, 1.54) is 28.6 Å². The molecule has 0 aromatic heterocycles. The number of hydrogen-bond acceptors (Lipinski definition) is 7. The monoisotopic (exact) mass is 500 g/mol. The van der Waals surface area contributed by atoms with Crippen molar-refractivity contribution in [3.05, 3.63) is 67.7 Å². The zero-order valence-corrected chi connectivity index (χ0v) is 18.9. The lowest BCUT2D eigenvalue weighted by Gasteiger charge is -2.26. The van der Waals surface area contributed by atoms with E-state index >= 15 is 0 Å². The van der Waals surface area contributed by atoms with E-state index in [1.807, 2.05) is 0 Å². The van der Waals surface area contributed by atoms with Gasteiger partial charge in [-0.25, -0.2) is 13.2 Å². The van der Waals surface area contributed by atoms with Gasteiger partial charge in [0, 0.05) is 30.8 Å². The minimum absolute atomic E-state index is 0.119. The number of amidine groups is 1. The van der Waals surface area contributed by atoms with E-state index in [4.69, 9.17) is 33.8 Å². The molecule has 170 valence electrons. The zero-order chi connectivity index (χ0) is 23.5. The van der Waals surface area contributed by atoms with Gasteiger partial charge >= 0.3 is 5.97 Å². The van der Waals surface area contributed by atoms with Crippen molar-refractivity contribution in [3.8, 4) is 0 Å². The Morgan fingerprint density at radius 1 is 1.09 bits per heavy atom. The lowest BCUT2D eigenvalue weighted by Crippen LogP contribution is -2.35. The van der Waals surface area contributed by atoms with Crippen LogP contribution in [0.15, 0.2) is 46.4 Å². The SMILES string of the molecule is N/C(=N\OC(=O)c1cc(S(=O)(=O)N2CCCCC2)c(Cl)cc1Cl)c1ccc([N+](=O)[O-])cc1. The molecule has 1 aliphatic heterocycles. The minimum atomic E-state index is -3.93. The Morgan fingerprint density at radius 3 is 2.31 bits per heavy atom. The van der Waals surface area contributed by atoms with Crippen LogP contribution in [0.1, 0.15) is 35.2 Å². The first kappa shape index (κ1) is 23.9. The average Bonchev–Trinajstić information content (AvgIpc) is 2.77. The molecule has 1 aliphatic rings. The van der Waals surface area contributed by atoms with Crippen LogP contribution in [0, 0.1) is 10.1 Å². The summed E-state index contributed by atoms with van der Waals surface area (Å²) in [6.07, 6.45) is 2.40. The number of benzene rings is 2. The standard InChI is InChI=1S/C19H18Cl2N4O6S/c20-15-11-16(21)17(32(29,30)24-8-2-1-3-9-24)10-14(15)19(26)31-23-18(22)12-4-6-13(7-5-12)25(27)28/h4-7,10-11H,1-3,8-9H2,(H2,22,23). The van der Waals surface area contributed by atoms with Crippen molar-refractivity contribution < 1.29 is 23.0 Å². The molecule has 1 fully saturated rings. The van der Waals surface area contributed by atoms with Crippen LogP contribution in [0.4, 0.5) is 5.69 Å². The molecule has 0 unspecified atom stereocenters. The maximum absolute atomic E-state index is 13.0. The van der Waals surface area contributed by atoms with Gasteiger partial charge in [0.05, 0.1) is 20.5 Å². The topological polar surface area (TPSA) is 145 Å². The molecule has 1 saturated heterocycles. The van der Waals surface area contributed by atoms with Crippen LogP contribution < -0.4 is 5.73 Å². The van der Waals surface area contributed by atoms with Gasteiger partial charge in [0.1, 0.15) is 4.90 Å². The van der Waals surface area contributed by atoms with Gasteiger partial charge in [-0.2, -0.15) is 4.31 Å². The molecule has 0 saturated carbocycles. The average molecular weight is 501 g/mol. The first-order valence-corrected chi connectivity index (χ1v) is 11.6. The third kappa shape index (κ3) is 5.18. The van der Waals surface area contributed by atoms with Crippen LogP contribution in [0.2, 0.25) is 10.0 Å². The predicted octanol–water partition coefficient (Wildman–Crippen LogP) is 3.55. The molecule has 0 bridgehead atoms. The maximum Gasteiger partial charge on any atom is 0.367 e. The van der Waals surface area contributed by atoms with Crippen molar-refractivity contribution in [2.24, 2.45) is 10.9 Å². The summed E-state index contributed by atoms with van der Waals surface area (Å²) in [7, 11) is -3.93. The van der Waals surface area contributed by atoms with Crippen molar-refractivity contribution in [2.45, 2.75) is 24.2 Å². The molecule has 0 atom stereocenters. The number of carbonyl (C=O) groups excluding carboxylic acids is 1. The highest BCUT2D eigenvalue weighted by molar-refractivity contribution is 7.89. The molecule has 0 spiro atoms. The Kier molecular flexibility index (Phi) is 7.34. The molecular formula is C19H18Cl2N4O6S. The summed E-state index contributed by atoms with van der Waals surface area (Å²) >= 11 is 12.2. The third-order valence-corrected chi connectivity index (χ3v) is 7.45. The second-order valence-corrected chi connectivity index (χ2v) is 9.61. The molecule has 13 heteroatoms. The van der Waals surface area contributed by atoms with Gasteiger partial charge in [-0.1, -0.05) is 34.8 Å². The lowest BCUT2D eigenvalue weighted by molar-refractivity contribution is -0.384. The number of oxime groups is 1. The summed E-state index contributed by atoms with van der Waals surface area (Å²) < 4.78 is 27.3. The number of nitrogens with zero attached hydrogens (tertiary/aromatic N) is 3. The van der Waals surface area contributed by atoms with E-state index < -0.39 is 20.9 Å². The fourth-order valence-electron chi connectivity index (χ4n) is 3.07. The molecule has 2 aromatic rings. The summed E-state index contributed by atoms with van der Waals surface area (Å²) in [6.45, 7) is 0.717. The van der Waals surface area contributed by atoms with Crippen LogP contribution in [0.3, 0.4) is 0 Å². The molecule has 0 radical (unpaired) electrons. The summed E-state index contributed by atoms with van der Waals surface area (Å²) in [6, 6.07) is 7.31. The van der Waals surface area contributed by atoms with Crippen molar-refractivity contribution in [2.75, 3.05) is 13.1 Å². The first-order valence-electron chi connectivity index (χ1n) is 9.40. The highest BCUT2D eigenvalue weighted by Gasteiger charge is 2.30. The smallest absolute Gasteiger partial charge is 0.367 e. The van der Waals surface area contributed by atoms with Crippen molar-refractivity contribution >= 4 is 50.7 Å². The van der Waals surface area contributed by atoms with E-state index in [0.717, 1.165) is 31.4 Å². The van der Waals surface area contributed by atoms with E-state index in [0.29, 0.717) is 13.1 Å². The number of halogens is 2. The normalized spacial score (nSPS) is 15.4. The molecular weight excluding hydrogens is 483 g/mol. The number of piperidine rings is 1. The molecule has 32 heavy (non-hydrogen) atoms. The van der Waals surface area contributed by atoms with Gasteiger partial charge < -0.3 is 10.6 Å². The molecule has 3 rings (SSSR count). The third-order valence-electron chi connectivity index (χ3n) is 4.78. The summed E-state index contributed by atoms with van der Waals surface area (Å²) in [5.41, 5.74) is 5.63. The second kappa shape index (κ2) is 9.82. The second-order valence-electron chi connectivity index (χ2n) is 6.89. The van der Waals surface area contributed by atoms with Gasteiger partial charge in [0.2, 0.25) is 10.0 Å². The number of nitro groups is 1. The van der Waals surface area contributed by atoms with E-state index in [-0.39, 0.29) is 37.6 Å². The van der Waals surface area contributed by atoms with Crippen molar-refractivity contribution in [1.29, 1.82) is 0 Å². The minimum Gasteiger partial charge on any atom is -0.380 e. The number of rotatable bonds is 6. The molecule has 1 heterocycles. The first-order chi connectivity index (χ1) is 15.1. The van der Waals surface area contributed by atoms with Gasteiger partial charge in [0.25, 0.3) is 5.69 Å². The number of sulfonamides is 1. The highest BCUT2D eigenvalue weighted by Crippen LogP contribution is 2.32. The van der Waals surface area contributed by atoms with Gasteiger partial charge in [0.15, 0.2) is 5.84 Å². The molecule has 2 aromatic carbocycles. The Morgan fingerprint density at radius 2 is 1.72 bits per heavy atom. The molecule has 10 nitrogen and oxygen atoms in total. The van der Waals surface area contributed by atoms with Gasteiger partial charge in [-0.15, -0.1) is 0 Å². The summed E-state index contributed by atoms with van der Waals surface area (Å²) in [5, 5.41) is 14.0. The zero-order valence-electron chi connectivity index (χ0n) is 16.5. The quantitative estimate of drug-likeness (QED) is 0.209. The van der Waals surface area contributed by atoms with Crippen molar-refractivity contribution in [3.63, 3.8) is 0 Å².